The fourth-order valence-electron chi connectivity index (χ4n) is 0.518. The maximum atomic E-state index is 4.85. The van der Waals surface area contributed by atoms with Crippen molar-refractivity contribution in [1.82, 2.24) is 0 Å². The van der Waals surface area contributed by atoms with Crippen LogP contribution in [-0.4, -0.2) is 13.7 Å². The lowest BCUT2D eigenvalue weighted by atomic mass is 10.1. The molecule has 0 aromatic heterocycles. The van der Waals surface area contributed by atoms with Crippen LogP contribution in [0.25, 0.3) is 0 Å². The molecule has 0 N–H and O–H groups in total. The van der Waals surface area contributed by atoms with Crippen molar-refractivity contribution >= 4 is 0 Å². The summed E-state index contributed by atoms with van der Waals surface area (Å²) in [6.07, 6.45) is 1.87. The summed E-state index contributed by atoms with van der Waals surface area (Å²) in [6.45, 7) is 5.10. The largest absolute Gasteiger partial charge is 0.384 e. The molecule has 0 fully saturated rings. The molecule has 1 heteroatoms. The molecule has 0 saturated carbocycles. The molecular formula is C9H16O. The lowest BCUT2D eigenvalue weighted by Gasteiger charge is -1.92. The van der Waals surface area contributed by atoms with Gasteiger partial charge in [-0.1, -0.05) is 13.8 Å². The number of rotatable bonds is 3. The summed E-state index contributed by atoms with van der Waals surface area (Å²) in [7, 11) is 1.70. The van der Waals surface area contributed by atoms with Crippen molar-refractivity contribution in [1.29, 1.82) is 0 Å². The topological polar surface area (TPSA) is 9.23 Å². The van der Waals surface area contributed by atoms with Crippen LogP contribution < -0.4 is 0 Å². The van der Waals surface area contributed by atoms with E-state index in [1.165, 1.54) is 0 Å². The summed E-state index contributed by atoms with van der Waals surface area (Å²) < 4.78 is 4.85. The number of methoxy groups -OCH3 is 1. The Bertz CT molecular complexity index is 116. The highest BCUT2D eigenvalue weighted by Crippen LogP contribution is 1.95. The molecule has 0 unspecified atom stereocenters. The van der Waals surface area contributed by atoms with Crippen molar-refractivity contribution in [2.24, 2.45) is 5.92 Å². The Morgan fingerprint density at radius 2 is 2.00 bits per heavy atom. The maximum absolute atomic E-state index is 4.85. The Kier molecular flexibility index (Phi) is 6.32. The highest BCUT2D eigenvalue weighted by atomic mass is 16.5. The molecule has 10 heavy (non-hydrogen) atoms. The third-order valence-corrected chi connectivity index (χ3v) is 1.07. The molecular weight excluding hydrogens is 124 g/mol. The molecule has 0 amide bonds. The molecule has 1 nitrogen and oxygen atoms in total. The summed E-state index contributed by atoms with van der Waals surface area (Å²) in [4.78, 5) is 0. The van der Waals surface area contributed by atoms with Gasteiger partial charge in [-0.3, -0.25) is 0 Å². The van der Waals surface area contributed by atoms with E-state index in [1.54, 1.807) is 7.11 Å². The van der Waals surface area contributed by atoms with Gasteiger partial charge in [-0.05, 0) is 5.92 Å². The smallest absolute Gasteiger partial charge is 0.0571 e. The van der Waals surface area contributed by atoms with E-state index in [9.17, 15) is 0 Å². The summed E-state index contributed by atoms with van der Waals surface area (Å²) in [6, 6.07) is 0. The zero-order chi connectivity index (χ0) is 7.82. The lowest BCUT2D eigenvalue weighted by molar-refractivity contribution is 0.206. The van der Waals surface area contributed by atoms with Crippen LogP contribution in [-0.2, 0) is 4.74 Å². The Morgan fingerprint density at radius 3 is 2.50 bits per heavy atom. The van der Waals surface area contributed by atoms with Gasteiger partial charge in [0, 0.05) is 20.0 Å². The first-order valence-electron chi connectivity index (χ1n) is 3.72. The van der Waals surface area contributed by atoms with E-state index in [4.69, 9.17) is 4.74 Å². The fraction of sp³-hybridized carbons (Fsp3) is 0.778. The fourth-order valence-corrected chi connectivity index (χ4v) is 0.518. The van der Waals surface area contributed by atoms with Crippen molar-refractivity contribution in [3.8, 4) is 11.8 Å². The van der Waals surface area contributed by atoms with E-state index in [0.29, 0.717) is 5.92 Å². The minimum Gasteiger partial charge on any atom is -0.384 e. The van der Waals surface area contributed by atoms with Crippen LogP contribution in [0.1, 0.15) is 26.7 Å². The predicted octanol–water partition coefficient (Wildman–Crippen LogP) is 2.07. The molecule has 0 aliphatic heterocycles. The van der Waals surface area contributed by atoms with E-state index in [-0.39, 0.29) is 0 Å². The summed E-state index contributed by atoms with van der Waals surface area (Å²) in [5, 5.41) is 0. The minimum atomic E-state index is 0.690. The summed E-state index contributed by atoms with van der Waals surface area (Å²) >= 11 is 0. The van der Waals surface area contributed by atoms with Crippen LogP contribution in [0.2, 0.25) is 0 Å². The van der Waals surface area contributed by atoms with E-state index >= 15 is 0 Å². The Hall–Kier alpha value is -0.480. The van der Waals surface area contributed by atoms with Crippen LogP contribution >= 0.6 is 0 Å². The van der Waals surface area contributed by atoms with E-state index < -0.39 is 0 Å². The van der Waals surface area contributed by atoms with Crippen molar-refractivity contribution in [2.45, 2.75) is 26.7 Å². The van der Waals surface area contributed by atoms with Gasteiger partial charge >= 0.3 is 0 Å². The molecule has 0 aromatic rings. The first-order chi connectivity index (χ1) is 4.77. The minimum absolute atomic E-state index is 0.690. The van der Waals surface area contributed by atoms with Gasteiger partial charge in [0.15, 0.2) is 0 Å². The van der Waals surface area contributed by atoms with Crippen LogP contribution in [0.5, 0.6) is 0 Å². The number of ether oxygens (including phenoxy) is 1. The Morgan fingerprint density at radius 1 is 1.30 bits per heavy atom. The third-order valence-electron chi connectivity index (χ3n) is 1.07. The molecule has 58 valence electrons. The molecule has 0 heterocycles. The first-order valence-corrected chi connectivity index (χ1v) is 3.72. The zero-order valence-corrected chi connectivity index (χ0v) is 7.11. The van der Waals surface area contributed by atoms with Crippen molar-refractivity contribution in [3.05, 3.63) is 0 Å². The number of hydrogen-bond donors (Lipinski definition) is 0. The van der Waals surface area contributed by atoms with Crippen molar-refractivity contribution < 1.29 is 4.74 Å². The van der Waals surface area contributed by atoms with Gasteiger partial charge in [0.05, 0.1) is 6.61 Å². The summed E-state index contributed by atoms with van der Waals surface area (Å²) in [5.41, 5.74) is 0. The molecule has 0 aliphatic rings. The molecule has 0 bridgehead atoms. The van der Waals surface area contributed by atoms with Gasteiger partial charge in [0.1, 0.15) is 0 Å². The Labute approximate surface area is 63.8 Å². The quantitative estimate of drug-likeness (QED) is 0.431. The SMILES string of the molecule is COCCC#CCC(C)C. The Balaban J connectivity index is 3.14. The third kappa shape index (κ3) is 7.52. The molecule has 0 aliphatic carbocycles. The molecule has 0 saturated heterocycles. The highest BCUT2D eigenvalue weighted by Gasteiger charge is 1.85. The molecule has 0 atom stereocenters. The summed E-state index contributed by atoms with van der Waals surface area (Å²) in [5.74, 6) is 6.82. The second-order valence-electron chi connectivity index (χ2n) is 2.69. The standard InChI is InChI=1S/C9H16O/c1-9(2)7-5-4-6-8-10-3/h9H,6-8H2,1-3H3. The van der Waals surface area contributed by atoms with Gasteiger partial charge in [-0.2, -0.15) is 0 Å². The van der Waals surface area contributed by atoms with Gasteiger partial charge in [0.2, 0.25) is 0 Å². The average Bonchev–Trinajstić information content (AvgIpc) is 1.87. The highest BCUT2D eigenvalue weighted by molar-refractivity contribution is 4.99. The van der Waals surface area contributed by atoms with Gasteiger partial charge < -0.3 is 4.74 Å². The van der Waals surface area contributed by atoms with Crippen molar-refractivity contribution in [3.63, 3.8) is 0 Å². The van der Waals surface area contributed by atoms with E-state index in [0.717, 1.165) is 19.4 Å². The van der Waals surface area contributed by atoms with E-state index in [1.807, 2.05) is 0 Å². The number of hydrogen-bond acceptors (Lipinski definition) is 1. The van der Waals surface area contributed by atoms with Crippen molar-refractivity contribution in [2.75, 3.05) is 13.7 Å². The molecule has 0 rings (SSSR count). The second kappa shape index (κ2) is 6.64. The van der Waals surface area contributed by atoms with Gasteiger partial charge in [-0.15, -0.1) is 11.8 Å². The van der Waals surface area contributed by atoms with Gasteiger partial charge in [-0.25, -0.2) is 0 Å². The van der Waals surface area contributed by atoms with Gasteiger partial charge in [0.25, 0.3) is 0 Å². The maximum Gasteiger partial charge on any atom is 0.0571 e. The average molecular weight is 140 g/mol. The second-order valence-corrected chi connectivity index (χ2v) is 2.69. The normalized spacial score (nSPS) is 9.20. The van der Waals surface area contributed by atoms with Crippen LogP contribution in [0.3, 0.4) is 0 Å². The van der Waals surface area contributed by atoms with Crippen LogP contribution in [0.4, 0.5) is 0 Å². The first kappa shape index (κ1) is 9.52. The zero-order valence-electron chi connectivity index (χ0n) is 7.11. The lowest BCUT2D eigenvalue weighted by Crippen LogP contribution is -1.85. The molecule has 0 spiro atoms. The van der Waals surface area contributed by atoms with Crippen LogP contribution in [0.15, 0.2) is 0 Å². The monoisotopic (exact) mass is 140 g/mol. The van der Waals surface area contributed by atoms with E-state index in [2.05, 4.69) is 25.7 Å². The van der Waals surface area contributed by atoms with Crippen LogP contribution in [0, 0.1) is 17.8 Å². The molecule has 0 aromatic carbocycles. The molecule has 0 radical (unpaired) electrons. The predicted molar refractivity (Wildman–Crippen MR) is 43.7 cm³/mol.